The molecule has 0 aromatic heterocycles. The van der Waals surface area contributed by atoms with Crippen LogP contribution >= 0.6 is 15.9 Å². The van der Waals surface area contributed by atoms with Crippen LogP contribution in [0.2, 0.25) is 0 Å². The number of fused-ring (bicyclic) bond motifs is 1. The molecule has 0 bridgehead atoms. The van der Waals surface area contributed by atoms with Gasteiger partial charge in [0.15, 0.2) is 0 Å². The average Bonchev–Trinajstić information content (AvgIpc) is 2.54. The molecule has 4 unspecified atom stereocenters. The van der Waals surface area contributed by atoms with Crippen LogP contribution in [-0.4, -0.2) is 4.32 Å². The number of alkyl halides is 1. The Bertz CT molecular complexity index is 292. The highest BCUT2D eigenvalue weighted by Crippen LogP contribution is 2.55. The summed E-state index contributed by atoms with van der Waals surface area (Å²) in [5.41, 5.74) is 0. The first-order chi connectivity index (χ1) is 7.72. The summed E-state index contributed by atoms with van der Waals surface area (Å²) in [6, 6.07) is 0. The van der Waals surface area contributed by atoms with Crippen molar-refractivity contribution in [2.45, 2.75) is 50.3 Å². The van der Waals surface area contributed by atoms with Crippen LogP contribution in [0.4, 0.5) is 0 Å². The Morgan fingerprint density at radius 3 is 2.62 bits per heavy atom. The van der Waals surface area contributed by atoms with Crippen LogP contribution < -0.4 is 0 Å². The van der Waals surface area contributed by atoms with Crippen LogP contribution in [0.25, 0.3) is 0 Å². The van der Waals surface area contributed by atoms with Crippen molar-refractivity contribution in [1.82, 2.24) is 0 Å². The normalized spacial score (nSPS) is 41.3. The second-order valence-electron chi connectivity index (χ2n) is 5.36. The molecule has 2 aliphatic rings. The van der Waals surface area contributed by atoms with E-state index in [2.05, 4.69) is 54.1 Å². The smallest absolute Gasteiger partial charge is 0.0533 e. The van der Waals surface area contributed by atoms with E-state index in [1.165, 1.54) is 32.1 Å². The molecule has 1 saturated carbocycles. The van der Waals surface area contributed by atoms with Crippen molar-refractivity contribution >= 4 is 15.9 Å². The quantitative estimate of drug-likeness (QED) is 0.630. The largest absolute Gasteiger partial charge is 0.0798 e. The minimum atomic E-state index is 0.275. The molecule has 0 heterocycles. The average molecular weight is 283 g/mol. The molecule has 90 valence electrons. The monoisotopic (exact) mass is 282 g/mol. The van der Waals surface area contributed by atoms with Gasteiger partial charge in [-0.25, -0.2) is 0 Å². The Hall–Kier alpha value is -0.0400. The first-order valence-electron chi connectivity index (χ1n) is 6.77. The van der Waals surface area contributed by atoms with E-state index in [-0.39, 0.29) is 4.32 Å². The predicted octanol–water partition coefficient (Wildman–Crippen LogP) is 5.10. The van der Waals surface area contributed by atoms with Crippen LogP contribution in [-0.2, 0) is 0 Å². The Kier molecular flexibility index (Phi) is 3.94. The Morgan fingerprint density at radius 2 is 1.94 bits per heavy atom. The lowest BCUT2D eigenvalue weighted by Gasteiger charge is -2.34. The van der Waals surface area contributed by atoms with Gasteiger partial charge in [-0.1, -0.05) is 73.3 Å². The van der Waals surface area contributed by atoms with Gasteiger partial charge in [0.25, 0.3) is 0 Å². The van der Waals surface area contributed by atoms with Crippen molar-refractivity contribution < 1.29 is 0 Å². The molecule has 1 fully saturated rings. The molecule has 0 aliphatic heterocycles. The fraction of sp³-hybridized carbons (Fsp3) is 0.733. The summed E-state index contributed by atoms with van der Waals surface area (Å²) in [5, 5.41) is 0. The molecule has 2 rings (SSSR count). The van der Waals surface area contributed by atoms with E-state index in [0.29, 0.717) is 0 Å². The van der Waals surface area contributed by atoms with E-state index in [1.807, 2.05) is 0 Å². The van der Waals surface area contributed by atoms with Crippen LogP contribution in [0.5, 0.6) is 0 Å². The van der Waals surface area contributed by atoms with Gasteiger partial charge in [-0.3, -0.25) is 0 Å². The van der Waals surface area contributed by atoms with Gasteiger partial charge >= 0.3 is 0 Å². The van der Waals surface area contributed by atoms with Gasteiger partial charge in [-0.05, 0) is 30.6 Å². The molecular formula is C15H23Br. The molecular weight excluding hydrogens is 260 g/mol. The Balaban J connectivity index is 2.20. The summed E-state index contributed by atoms with van der Waals surface area (Å²) in [7, 11) is 0. The van der Waals surface area contributed by atoms with Gasteiger partial charge in [0.1, 0.15) is 0 Å². The fourth-order valence-corrected chi connectivity index (χ4v) is 4.73. The summed E-state index contributed by atoms with van der Waals surface area (Å²) < 4.78 is 0.275. The molecule has 2 aliphatic carbocycles. The van der Waals surface area contributed by atoms with Crippen LogP contribution in [0.3, 0.4) is 0 Å². The molecule has 4 atom stereocenters. The van der Waals surface area contributed by atoms with Crippen molar-refractivity contribution in [2.24, 2.45) is 17.8 Å². The van der Waals surface area contributed by atoms with Gasteiger partial charge in [0, 0.05) is 0 Å². The third-order valence-corrected chi connectivity index (χ3v) is 5.77. The van der Waals surface area contributed by atoms with Gasteiger partial charge < -0.3 is 0 Å². The van der Waals surface area contributed by atoms with Crippen molar-refractivity contribution in [2.75, 3.05) is 0 Å². The number of hydrogen-bond acceptors (Lipinski definition) is 0. The maximum Gasteiger partial charge on any atom is 0.0533 e. The number of halogens is 1. The van der Waals surface area contributed by atoms with Crippen molar-refractivity contribution in [3.05, 3.63) is 24.3 Å². The van der Waals surface area contributed by atoms with Crippen LogP contribution in [0, 0.1) is 17.8 Å². The standard InChI is InChI=1S/C15H23Br/c1-3-7-12-11-13-9-5-6-10-15(13,16)14(12)8-4-2/h5-6,9-10,12-14H,3-4,7-8,11H2,1-2H3. The maximum absolute atomic E-state index is 4.06. The minimum absolute atomic E-state index is 0.275. The molecule has 0 saturated heterocycles. The topological polar surface area (TPSA) is 0 Å². The summed E-state index contributed by atoms with van der Waals surface area (Å²) in [5.74, 6) is 2.48. The predicted molar refractivity (Wildman–Crippen MR) is 74.8 cm³/mol. The number of allylic oxidation sites excluding steroid dienone is 4. The first kappa shape index (κ1) is 12.4. The van der Waals surface area contributed by atoms with Crippen molar-refractivity contribution in [3.63, 3.8) is 0 Å². The lowest BCUT2D eigenvalue weighted by atomic mass is 9.81. The van der Waals surface area contributed by atoms with Crippen molar-refractivity contribution in [3.8, 4) is 0 Å². The summed E-state index contributed by atoms with van der Waals surface area (Å²) in [6.45, 7) is 4.63. The van der Waals surface area contributed by atoms with E-state index in [4.69, 9.17) is 0 Å². The number of rotatable bonds is 4. The van der Waals surface area contributed by atoms with E-state index in [0.717, 1.165) is 17.8 Å². The molecule has 0 aromatic carbocycles. The number of hydrogen-bond donors (Lipinski definition) is 0. The third-order valence-electron chi connectivity index (χ3n) is 4.33. The zero-order valence-corrected chi connectivity index (χ0v) is 12.0. The van der Waals surface area contributed by atoms with Gasteiger partial charge in [-0.15, -0.1) is 0 Å². The molecule has 0 spiro atoms. The third kappa shape index (κ3) is 2.03. The van der Waals surface area contributed by atoms with Gasteiger partial charge in [0.05, 0.1) is 4.32 Å². The highest BCUT2D eigenvalue weighted by Gasteiger charge is 2.50. The summed E-state index contributed by atoms with van der Waals surface area (Å²) in [4.78, 5) is 0. The molecule has 1 heteroatoms. The van der Waals surface area contributed by atoms with Crippen molar-refractivity contribution in [1.29, 1.82) is 0 Å². The molecule has 0 aromatic rings. The highest BCUT2D eigenvalue weighted by molar-refractivity contribution is 9.10. The maximum atomic E-state index is 4.06. The van der Waals surface area contributed by atoms with E-state index in [9.17, 15) is 0 Å². The van der Waals surface area contributed by atoms with E-state index < -0.39 is 0 Å². The lowest BCUT2D eigenvalue weighted by molar-refractivity contribution is 0.322. The highest BCUT2D eigenvalue weighted by atomic mass is 79.9. The summed E-state index contributed by atoms with van der Waals surface area (Å²) >= 11 is 4.06. The van der Waals surface area contributed by atoms with Gasteiger partial charge in [-0.2, -0.15) is 0 Å². The van der Waals surface area contributed by atoms with Gasteiger partial charge in [0.2, 0.25) is 0 Å². The minimum Gasteiger partial charge on any atom is -0.0798 e. The Labute approximate surface area is 108 Å². The van der Waals surface area contributed by atoms with Crippen LogP contribution in [0.15, 0.2) is 24.3 Å². The van der Waals surface area contributed by atoms with E-state index in [1.54, 1.807) is 0 Å². The SMILES string of the molecule is CCCC1CC2C=CC=CC2(Br)C1CCC. The fourth-order valence-electron chi connectivity index (χ4n) is 3.64. The molecule has 16 heavy (non-hydrogen) atoms. The molecule has 0 nitrogen and oxygen atoms in total. The zero-order valence-electron chi connectivity index (χ0n) is 10.5. The zero-order chi connectivity index (χ0) is 11.6. The van der Waals surface area contributed by atoms with E-state index >= 15 is 0 Å². The lowest BCUT2D eigenvalue weighted by Crippen LogP contribution is -2.32. The first-order valence-corrected chi connectivity index (χ1v) is 7.56. The summed E-state index contributed by atoms with van der Waals surface area (Å²) in [6.07, 6.45) is 16.0. The molecule has 0 amide bonds. The van der Waals surface area contributed by atoms with Crippen LogP contribution in [0.1, 0.15) is 46.0 Å². The second kappa shape index (κ2) is 5.08. The molecule has 0 N–H and O–H groups in total. The Morgan fingerprint density at radius 1 is 1.19 bits per heavy atom. The molecule has 0 radical (unpaired) electrons. The second-order valence-corrected chi connectivity index (χ2v) is 6.73.